The second-order valence-corrected chi connectivity index (χ2v) is 5.18. The number of amides is 1. The van der Waals surface area contributed by atoms with Gasteiger partial charge in [0, 0.05) is 23.9 Å². The van der Waals surface area contributed by atoms with Crippen molar-refractivity contribution < 1.29 is 9.59 Å². The van der Waals surface area contributed by atoms with Gasteiger partial charge in [0.15, 0.2) is 5.78 Å². The minimum Gasteiger partial charge on any atom is -0.326 e. The van der Waals surface area contributed by atoms with Gasteiger partial charge in [0.2, 0.25) is 5.91 Å². The molecular formula is C16H19N3O2. The quantitative estimate of drug-likeness (QED) is 0.859. The van der Waals surface area contributed by atoms with Crippen LogP contribution >= 0.6 is 0 Å². The minimum atomic E-state index is -0.101. The smallest absolute Gasteiger partial charge is 0.226 e. The fraction of sp³-hybridized carbons (Fsp3) is 0.312. The summed E-state index contributed by atoms with van der Waals surface area (Å²) in [6.45, 7) is 5.36. The Morgan fingerprint density at radius 1 is 1.33 bits per heavy atom. The Hall–Kier alpha value is -2.43. The first-order valence-corrected chi connectivity index (χ1v) is 6.88. The van der Waals surface area contributed by atoms with Crippen molar-refractivity contribution in [1.29, 1.82) is 0 Å². The van der Waals surface area contributed by atoms with Crippen LogP contribution in [-0.2, 0) is 4.79 Å². The number of carbonyl (C=O) groups excluding carboxylic acids is 2. The van der Waals surface area contributed by atoms with E-state index < -0.39 is 0 Å². The Kier molecular flexibility index (Phi) is 4.52. The Morgan fingerprint density at radius 3 is 2.71 bits per heavy atom. The summed E-state index contributed by atoms with van der Waals surface area (Å²) in [4.78, 5) is 23.4. The second-order valence-electron chi connectivity index (χ2n) is 5.18. The highest BCUT2D eigenvalue weighted by Gasteiger charge is 2.12. The summed E-state index contributed by atoms with van der Waals surface area (Å²) in [6.07, 6.45) is 2.19. The molecule has 0 aliphatic heterocycles. The lowest BCUT2D eigenvalue weighted by atomic mass is 10.1. The van der Waals surface area contributed by atoms with Crippen LogP contribution in [0.4, 0.5) is 5.69 Å². The summed E-state index contributed by atoms with van der Waals surface area (Å²) in [5.41, 5.74) is 2.15. The number of hydrogen-bond donors (Lipinski definition) is 1. The van der Waals surface area contributed by atoms with Crippen molar-refractivity contribution >= 4 is 17.4 Å². The number of carbonyl (C=O) groups is 2. The third-order valence-corrected chi connectivity index (χ3v) is 3.23. The number of aromatic nitrogens is 2. The van der Waals surface area contributed by atoms with E-state index >= 15 is 0 Å². The molecule has 2 aromatic rings. The summed E-state index contributed by atoms with van der Waals surface area (Å²) in [7, 11) is 0. The van der Waals surface area contributed by atoms with Crippen molar-refractivity contribution in [3.05, 3.63) is 47.8 Å². The molecule has 0 radical (unpaired) electrons. The predicted octanol–water partition coefficient (Wildman–Crippen LogP) is 2.98. The molecule has 1 amide bonds. The summed E-state index contributed by atoms with van der Waals surface area (Å²) in [5, 5.41) is 7.11. The molecule has 0 aliphatic rings. The van der Waals surface area contributed by atoms with Crippen LogP contribution in [0.25, 0.3) is 0 Å². The molecule has 1 N–H and O–H groups in total. The maximum atomic E-state index is 12.0. The van der Waals surface area contributed by atoms with Crippen LogP contribution in [0.5, 0.6) is 0 Å². The van der Waals surface area contributed by atoms with Crippen molar-refractivity contribution in [3.8, 4) is 0 Å². The van der Waals surface area contributed by atoms with Crippen molar-refractivity contribution in [3.63, 3.8) is 0 Å². The first kappa shape index (κ1) is 15.0. The van der Waals surface area contributed by atoms with Crippen LogP contribution in [0.2, 0.25) is 0 Å². The fourth-order valence-electron chi connectivity index (χ4n) is 2.07. The van der Waals surface area contributed by atoms with Crippen LogP contribution in [0, 0.1) is 6.92 Å². The lowest BCUT2D eigenvalue weighted by Gasteiger charge is -2.12. The largest absolute Gasteiger partial charge is 0.326 e. The van der Waals surface area contributed by atoms with Gasteiger partial charge in [-0.2, -0.15) is 5.10 Å². The molecule has 0 saturated carbocycles. The molecule has 5 nitrogen and oxygen atoms in total. The van der Waals surface area contributed by atoms with Gasteiger partial charge in [0.05, 0.1) is 11.7 Å². The molecule has 0 saturated heterocycles. The first-order chi connectivity index (χ1) is 9.95. The molecular weight excluding hydrogens is 266 g/mol. The van der Waals surface area contributed by atoms with Gasteiger partial charge in [-0.25, -0.2) is 0 Å². The lowest BCUT2D eigenvalue weighted by Crippen LogP contribution is -2.18. The van der Waals surface area contributed by atoms with Gasteiger partial charge in [0.1, 0.15) is 0 Å². The highest BCUT2D eigenvalue weighted by Crippen LogP contribution is 2.14. The average Bonchev–Trinajstić information content (AvgIpc) is 2.85. The summed E-state index contributed by atoms with van der Waals surface area (Å²) < 4.78 is 1.78. The zero-order valence-corrected chi connectivity index (χ0v) is 12.5. The average molecular weight is 285 g/mol. The Bertz CT molecular complexity index is 661. The summed E-state index contributed by atoms with van der Waals surface area (Å²) in [5.74, 6) is -0.122. The maximum absolute atomic E-state index is 12.0. The van der Waals surface area contributed by atoms with Gasteiger partial charge in [-0.05, 0) is 39.0 Å². The van der Waals surface area contributed by atoms with Gasteiger partial charge in [-0.15, -0.1) is 0 Å². The van der Waals surface area contributed by atoms with Crippen LogP contribution in [-0.4, -0.2) is 21.5 Å². The maximum Gasteiger partial charge on any atom is 0.226 e. The molecule has 21 heavy (non-hydrogen) atoms. The van der Waals surface area contributed by atoms with Gasteiger partial charge < -0.3 is 5.32 Å². The molecule has 2 rings (SSSR count). The number of rotatable bonds is 5. The number of aryl methyl sites for hydroxylation is 1. The van der Waals surface area contributed by atoms with E-state index in [1.807, 2.05) is 26.1 Å². The molecule has 0 fully saturated rings. The minimum absolute atomic E-state index is 0.0188. The van der Waals surface area contributed by atoms with Crippen LogP contribution < -0.4 is 5.32 Å². The van der Waals surface area contributed by atoms with Gasteiger partial charge >= 0.3 is 0 Å². The normalized spacial score (nSPS) is 12.0. The van der Waals surface area contributed by atoms with E-state index in [2.05, 4.69) is 10.4 Å². The summed E-state index contributed by atoms with van der Waals surface area (Å²) in [6, 6.07) is 8.83. The number of hydrogen-bond acceptors (Lipinski definition) is 3. The van der Waals surface area contributed by atoms with E-state index in [4.69, 9.17) is 0 Å². The number of benzene rings is 1. The standard InChI is InChI=1S/C16H19N3O2/c1-11-7-8-19(18-11)12(2)9-16(21)17-15-6-4-5-14(10-15)13(3)20/h4-8,10,12H,9H2,1-3H3,(H,17,21)/t12-/m1/s1. The third kappa shape index (κ3) is 4.02. The molecule has 0 spiro atoms. The lowest BCUT2D eigenvalue weighted by molar-refractivity contribution is -0.116. The van der Waals surface area contributed by atoms with Crippen molar-refractivity contribution in [1.82, 2.24) is 9.78 Å². The van der Waals surface area contributed by atoms with Crippen molar-refractivity contribution in [2.45, 2.75) is 33.2 Å². The molecule has 1 atom stereocenters. The van der Waals surface area contributed by atoms with Gasteiger partial charge in [-0.3, -0.25) is 14.3 Å². The van der Waals surface area contributed by atoms with Gasteiger partial charge in [-0.1, -0.05) is 12.1 Å². The summed E-state index contributed by atoms with van der Waals surface area (Å²) >= 11 is 0. The number of Topliss-reactive ketones (excluding diaryl/α,β-unsaturated/α-hetero) is 1. The van der Waals surface area contributed by atoms with Gasteiger partial charge in [0.25, 0.3) is 0 Å². The van der Waals surface area contributed by atoms with Crippen LogP contribution in [0.3, 0.4) is 0 Å². The van der Waals surface area contributed by atoms with Crippen LogP contribution in [0.1, 0.15) is 42.4 Å². The fourth-order valence-corrected chi connectivity index (χ4v) is 2.07. The first-order valence-electron chi connectivity index (χ1n) is 6.88. The van der Waals surface area contributed by atoms with E-state index in [1.165, 1.54) is 6.92 Å². The van der Waals surface area contributed by atoms with Crippen molar-refractivity contribution in [2.24, 2.45) is 0 Å². The number of anilines is 1. The monoisotopic (exact) mass is 285 g/mol. The van der Waals surface area contributed by atoms with E-state index in [1.54, 1.807) is 28.9 Å². The second kappa shape index (κ2) is 6.35. The molecule has 5 heteroatoms. The number of nitrogens with one attached hydrogen (secondary N) is 1. The highest BCUT2D eigenvalue weighted by atomic mass is 16.1. The zero-order valence-electron chi connectivity index (χ0n) is 12.5. The molecule has 0 unspecified atom stereocenters. The van der Waals surface area contributed by atoms with Crippen molar-refractivity contribution in [2.75, 3.05) is 5.32 Å². The molecule has 1 aromatic heterocycles. The predicted molar refractivity (Wildman–Crippen MR) is 81.4 cm³/mol. The van der Waals surface area contributed by atoms with E-state index in [0.29, 0.717) is 17.7 Å². The molecule has 0 aliphatic carbocycles. The molecule has 110 valence electrons. The Labute approximate surface area is 124 Å². The Morgan fingerprint density at radius 2 is 2.10 bits per heavy atom. The number of nitrogens with zero attached hydrogens (tertiary/aromatic N) is 2. The third-order valence-electron chi connectivity index (χ3n) is 3.23. The number of ketones is 1. The zero-order chi connectivity index (χ0) is 15.4. The van der Waals surface area contributed by atoms with Crippen LogP contribution in [0.15, 0.2) is 36.5 Å². The Balaban J connectivity index is 1.98. The molecule has 0 bridgehead atoms. The molecule has 1 heterocycles. The van der Waals surface area contributed by atoms with E-state index in [0.717, 1.165) is 5.69 Å². The molecule has 1 aromatic carbocycles. The van der Waals surface area contributed by atoms with E-state index in [9.17, 15) is 9.59 Å². The topological polar surface area (TPSA) is 64.0 Å². The highest BCUT2D eigenvalue weighted by molar-refractivity contribution is 5.97. The van der Waals surface area contributed by atoms with E-state index in [-0.39, 0.29) is 17.7 Å². The SMILES string of the molecule is CC(=O)c1cccc(NC(=O)C[C@@H](C)n2ccc(C)n2)c1.